The zero-order valence-electron chi connectivity index (χ0n) is 12.7. The zero-order valence-corrected chi connectivity index (χ0v) is 12.7. The Morgan fingerprint density at radius 1 is 1.24 bits per heavy atom. The Labute approximate surface area is 125 Å². The van der Waals surface area contributed by atoms with Crippen molar-refractivity contribution in [2.24, 2.45) is 11.7 Å². The molecule has 1 atom stereocenters. The van der Waals surface area contributed by atoms with E-state index in [2.05, 4.69) is 48.3 Å². The molecule has 1 aromatic heterocycles. The summed E-state index contributed by atoms with van der Waals surface area (Å²) in [5, 5.41) is 4.22. The van der Waals surface area contributed by atoms with Crippen LogP contribution in [0, 0.1) is 5.92 Å². The molecule has 0 amide bonds. The minimum absolute atomic E-state index is 0.176. The maximum atomic E-state index is 5.86. The molecule has 0 saturated carbocycles. The largest absolute Gasteiger partial charge is 0.339 e. The van der Waals surface area contributed by atoms with Gasteiger partial charge in [0.25, 0.3) is 0 Å². The van der Waals surface area contributed by atoms with E-state index in [9.17, 15) is 0 Å². The van der Waals surface area contributed by atoms with Crippen LogP contribution in [0.4, 0.5) is 0 Å². The fourth-order valence-corrected chi connectivity index (χ4v) is 3.19. The van der Waals surface area contributed by atoms with Gasteiger partial charge >= 0.3 is 0 Å². The lowest BCUT2D eigenvalue weighted by Gasteiger charge is -2.12. The Balaban J connectivity index is 1.74. The highest BCUT2D eigenvalue weighted by molar-refractivity contribution is 5.34. The van der Waals surface area contributed by atoms with Gasteiger partial charge in [0.2, 0.25) is 5.89 Å². The van der Waals surface area contributed by atoms with Crippen LogP contribution >= 0.6 is 0 Å². The standard InChI is InChI=1S/C17H23N3O/c1-11(2)7-15(10-18)17-19-16(20-21-17)14-8-12-5-3-4-6-13(12)9-14/h3-6,11,14-15H,7-10,18H2,1-2H3. The van der Waals surface area contributed by atoms with Crippen molar-refractivity contribution in [2.75, 3.05) is 6.54 Å². The van der Waals surface area contributed by atoms with Gasteiger partial charge < -0.3 is 10.3 Å². The van der Waals surface area contributed by atoms with Gasteiger partial charge in [-0.05, 0) is 36.3 Å². The molecule has 21 heavy (non-hydrogen) atoms. The summed E-state index contributed by atoms with van der Waals surface area (Å²) in [6.45, 7) is 4.94. The third-order valence-electron chi connectivity index (χ3n) is 4.26. The smallest absolute Gasteiger partial charge is 0.231 e. The summed E-state index contributed by atoms with van der Waals surface area (Å²) < 4.78 is 5.49. The lowest BCUT2D eigenvalue weighted by molar-refractivity contribution is 0.330. The van der Waals surface area contributed by atoms with Crippen molar-refractivity contribution in [1.29, 1.82) is 0 Å². The number of fused-ring (bicyclic) bond motifs is 1. The van der Waals surface area contributed by atoms with Crippen LogP contribution in [0.25, 0.3) is 0 Å². The quantitative estimate of drug-likeness (QED) is 0.917. The van der Waals surface area contributed by atoms with Gasteiger partial charge in [0.05, 0.1) is 5.92 Å². The maximum Gasteiger partial charge on any atom is 0.231 e. The second-order valence-electron chi connectivity index (χ2n) is 6.43. The van der Waals surface area contributed by atoms with Gasteiger partial charge in [0, 0.05) is 12.5 Å². The molecule has 1 aromatic carbocycles. The third-order valence-corrected chi connectivity index (χ3v) is 4.26. The number of hydrogen-bond acceptors (Lipinski definition) is 4. The van der Waals surface area contributed by atoms with Gasteiger partial charge in [0.1, 0.15) is 0 Å². The molecule has 0 fully saturated rings. The van der Waals surface area contributed by atoms with Crippen LogP contribution in [0.1, 0.15) is 54.9 Å². The first-order valence-electron chi connectivity index (χ1n) is 7.77. The molecule has 0 aliphatic heterocycles. The van der Waals surface area contributed by atoms with Crippen molar-refractivity contribution >= 4 is 0 Å². The average Bonchev–Trinajstić information content (AvgIpc) is 3.10. The Bertz CT molecular complexity index is 581. The van der Waals surface area contributed by atoms with Crippen molar-refractivity contribution in [3.8, 4) is 0 Å². The van der Waals surface area contributed by atoms with Gasteiger partial charge in [-0.1, -0.05) is 43.3 Å². The first-order chi connectivity index (χ1) is 10.2. The molecule has 0 saturated heterocycles. The predicted octanol–water partition coefficient (Wildman–Crippen LogP) is 3.04. The predicted molar refractivity (Wildman–Crippen MR) is 82.1 cm³/mol. The summed E-state index contributed by atoms with van der Waals surface area (Å²) >= 11 is 0. The number of aromatic nitrogens is 2. The topological polar surface area (TPSA) is 64.9 Å². The molecule has 4 heteroatoms. The SMILES string of the molecule is CC(C)CC(CN)c1nc(C2Cc3ccccc3C2)no1. The normalized spacial score (nSPS) is 16.4. The lowest BCUT2D eigenvalue weighted by atomic mass is 9.97. The monoisotopic (exact) mass is 285 g/mol. The molecular formula is C17H23N3O. The van der Waals surface area contributed by atoms with E-state index in [0.717, 1.165) is 25.1 Å². The molecular weight excluding hydrogens is 262 g/mol. The van der Waals surface area contributed by atoms with Crippen molar-refractivity contribution in [1.82, 2.24) is 10.1 Å². The summed E-state index contributed by atoms with van der Waals surface area (Å²) in [7, 11) is 0. The van der Waals surface area contributed by atoms with Crippen LogP contribution in [-0.4, -0.2) is 16.7 Å². The number of rotatable bonds is 5. The fourth-order valence-electron chi connectivity index (χ4n) is 3.19. The van der Waals surface area contributed by atoms with E-state index in [1.165, 1.54) is 11.1 Å². The summed E-state index contributed by atoms with van der Waals surface area (Å²) in [5.74, 6) is 2.64. The van der Waals surface area contributed by atoms with Gasteiger partial charge in [-0.3, -0.25) is 0 Å². The molecule has 112 valence electrons. The van der Waals surface area contributed by atoms with Crippen molar-refractivity contribution in [3.63, 3.8) is 0 Å². The van der Waals surface area contributed by atoms with Gasteiger partial charge in [0.15, 0.2) is 5.82 Å². The Hall–Kier alpha value is -1.68. The maximum absolute atomic E-state index is 5.86. The molecule has 1 heterocycles. The van der Waals surface area contributed by atoms with E-state index >= 15 is 0 Å². The highest BCUT2D eigenvalue weighted by Gasteiger charge is 2.28. The van der Waals surface area contributed by atoms with E-state index in [4.69, 9.17) is 10.3 Å². The Morgan fingerprint density at radius 3 is 2.48 bits per heavy atom. The molecule has 1 aliphatic carbocycles. The number of hydrogen-bond donors (Lipinski definition) is 1. The van der Waals surface area contributed by atoms with Crippen LogP contribution in [0.2, 0.25) is 0 Å². The van der Waals surface area contributed by atoms with Crippen LogP contribution < -0.4 is 5.73 Å². The van der Waals surface area contributed by atoms with Gasteiger partial charge in [-0.25, -0.2) is 0 Å². The minimum Gasteiger partial charge on any atom is -0.339 e. The van der Waals surface area contributed by atoms with Gasteiger partial charge in [-0.2, -0.15) is 4.98 Å². The summed E-state index contributed by atoms with van der Waals surface area (Å²) in [6, 6.07) is 8.57. The molecule has 4 nitrogen and oxygen atoms in total. The fraction of sp³-hybridized carbons (Fsp3) is 0.529. The second kappa shape index (κ2) is 5.98. The van der Waals surface area contributed by atoms with Crippen LogP contribution in [0.3, 0.4) is 0 Å². The Kier molecular flexibility index (Phi) is 4.06. The Morgan fingerprint density at radius 2 is 1.90 bits per heavy atom. The molecule has 1 aliphatic rings. The molecule has 0 spiro atoms. The third kappa shape index (κ3) is 3.00. The first-order valence-corrected chi connectivity index (χ1v) is 7.77. The van der Waals surface area contributed by atoms with Crippen molar-refractivity contribution in [3.05, 3.63) is 47.1 Å². The van der Waals surface area contributed by atoms with E-state index in [-0.39, 0.29) is 5.92 Å². The van der Waals surface area contributed by atoms with Crippen molar-refractivity contribution in [2.45, 2.75) is 44.9 Å². The van der Waals surface area contributed by atoms with Crippen LogP contribution in [-0.2, 0) is 12.8 Å². The highest BCUT2D eigenvalue weighted by Crippen LogP contribution is 2.33. The summed E-state index contributed by atoms with van der Waals surface area (Å²) in [6.07, 6.45) is 3.00. The van der Waals surface area contributed by atoms with E-state index < -0.39 is 0 Å². The van der Waals surface area contributed by atoms with Crippen molar-refractivity contribution < 1.29 is 4.52 Å². The number of benzene rings is 1. The van der Waals surface area contributed by atoms with E-state index in [1.807, 2.05) is 0 Å². The molecule has 3 rings (SSSR count). The van der Waals surface area contributed by atoms with Crippen LogP contribution in [0.5, 0.6) is 0 Å². The highest BCUT2D eigenvalue weighted by atomic mass is 16.5. The van der Waals surface area contributed by atoms with E-state index in [0.29, 0.717) is 24.3 Å². The molecule has 0 radical (unpaired) electrons. The van der Waals surface area contributed by atoms with E-state index in [1.54, 1.807) is 0 Å². The van der Waals surface area contributed by atoms with Crippen LogP contribution in [0.15, 0.2) is 28.8 Å². The number of nitrogens with two attached hydrogens (primary N) is 1. The lowest BCUT2D eigenvalue weighted by Crippen LogP contribution is -2.15. The molecule has 1 unspecified atom stereocenters. The second-order valence-corrected chi connectivity index (χ2v) is 6.43. The summed E-state index contributed by atoms with van der Waals surface area (Å²) in [4.78, 5) is 4.64. The average molecular weight is 285 g/mol. The summed E-state index contributed by atoms with van der Waals surface area (Å²) in [5.41, 5.74) is 8.67. The zero-order chi connectivity index (χ0) is 14.8. The molecule has 2 N–H and O–H groups in total. The minimum atomic E-state index is 0.176. The van der Waals surface area contributed by atoms with Gasteiger partial charge in [-0.15, -0.1) is 0 Å². The number of nitrogens with zero attached hydrogens (tertiary/aromatic N) is 2. The molecule has 0 bridgehead atoms. The molecule has 2 aromatic rings. The first kappa shape index (κ1) is 14.3.